The zero-order chi connectivity index (χ0) is 20.8. The van der Waals surface area contributed by atoms with Crippen LogP contribution in [0.5, 0.6) is 0 Å². The Morgan fingerprint density at radius 1 is 1.17 bits per heavy atom. The number of nitrogen functional groups attached to an aromatic ring is 1. The molecule has 1 amide bonds. The average molecular weight is 400 g/mol. The third kappa shape index (κ3) is 4.52. The van der Waals surface area contributed by atoms with Crippen molar-refractivity contribution in [3.8, 4) is 23.3 Å². The van der Waals surface area contributed by atoms with Gasteiger partial charge < -0.3 is 11.1 Å². The number of pyridine rings is 2. The summed E-state index contributed by atoms with van der Waals surface area (Å²) < 4.78 is 0. The number of carbonyl (C=O) groups excluding carboxylic acids is 1. The Bertz CT molecular complexity index is 1130. The number of nitriles is 2. The molecule has 0 aliphatic rings. The highest BCUT2D eigenvalue weighted by atomic mass is 32.2. The topological polar surface area (TPSA) is 128 Å². The first-order chi connectivity index (χ1) is 14.0. The monoisotopic (exact) mass is 400 g/mol. The van der Waals surface area contributed by atoms with Gasteiger partial charge in [0.15, 0.2) is 0 Å². The molecule has 29 heavy (non-hydrogen) atoms. The van der Waals surface area contributed by atoms with Gasteiger partial charge in [0.2, 0.25) is 5.91 Å². The summed E-state index contributed by atoms with van der Waals surface area (Å²) in [7, 11) is 0. The molecule has 0 aliphatic carbocycles. The first-order valence-corrected chi connectivity index (χ1v) is 9.55. The standard InChI is InChI=1S/C21H16N6OS/c1-13(28)26-16-6-4-15(5-7-16)19-17(9-22)20(24)27-21(18(19)10-23)29-12-14-3-2-8-25-11-14/h2-8,11H,12H2,1H3,(H2,24,27)(H,26,28). The smallest absolute Gasteiger partial charge is 0.221 e. The largest absolute Gasteiger partial charge is 0.383 e. The molecule has 0 spiro atoms. The lowest BCUT2D eigenvalue weighted by molar-refractivity contribution is -0.114. The molecule has 7 nitrogen and oxygen atoms in total. The van der Waals surface area contributed by atoms with E-state index in [-0.39, 0.29) is 22.9 Å². The summed E-state index contributed by atoms with van der Waals surface area (Å²) in [6.45, 7) is 1.42. The Balaban J connectivity index is 2.05. The zero-order valence-electron chi connectivity index (χ0n) is 15.5. The number of amides is 1. The minimum atomic E-state index is -0.185. The van der Waals surface area contributed by atoms with E-state index in [2.05, 4.69) is 27.4 Å². The van der Waals surface area contributed by atoms with Crippen molar-refractivity contribution in [2.24, 2.45) is 0 Å². The maximum Gasteiger partial charge on any atom is 0.221 e. The summed E-state index contributed by atoms with van der Waals surface area (Å²) in [5.74, 6) is 0.443. The molecule has 3 N–H and O–H groups in total. The van der Waals surface area contributed by atoms with Crippen LogP contribution in [-0.4, -0.2) is 15.9 Å². The van der Waals surface area contributed by atoms with Crippen LogP contribution >= 0.6 is 11.8 Å². The number of anilines is 2. The minimum absolute atomic E-state index is 0.0705. The molecular formula is C21H16N6OS. The fourth-order valence-electron chi connectivity index (χ4n) is 2.75. The molecule has 2 aromatic heterocycles. The van der Waals surface area contributed by atoms with Crippen molar-refractivity contribution in [3.05, 3.63) is 65.5 Å². The fraction of sp³-hybridized carbons (Fsp3) is 0.0952. The lowest BCUT2D eigenvalue weighted by atomic mass is 9.96. The second kappa shape index (κ2) is 8.87. The number of rotatable bonds is 5. The Labute approximate surface area is 172 Å². The molecule has 0 aliphatic heterocycles. The summed E-state index contributed by atoms with van der Waals surface area (Å²) >= 11 is 1.36. The van der Waals surface area contributed by atoms with Gasteiger partial charge in [0.05, 0.1) is 5.56 Å². The molecule has 0 saturated carbocycles. The Kier molecular flexibility index (Phi) is 6.08. The van der Waals surface area contributed by atoms with E-state index in [4.69, 9.17) is 5.73 Å². The van der Waals surface area contributed by atoms with Crippen molar-refractivity contribution < 1.29 is 4.79 Å². The van der Waals surface area contributed by atoms with Gasteiger partial charge in [0.1, 0.15) is 28.5 Å². The quantitative estimate of drug-likeness (QED) is 0.624. The lowest BCUT2D eigenvalue weighted by Crippen LogP contribution is -2.06. The summed E-state index contributed by atoms with van der Waals surface area (Å²) in [4.78, 5) is 19.6. The number of benzene rings is 1. The van der Waals surface area contributed by atoms with E-state index in [1.54, 1.807) is 36.7 Å². The number of aromatic nitrogens is 2. The van der Waals surface area contributed by atoms with E-state index in [1.807, 2.05) is 12.1 Å². The number of hydrogen-bond donors (Lipinski definition) is 2. The number of hydrogen-bond acceptors (Lipinski definition) is 7. The summed E-state index contributed by atoms with van der Waals surface area (Å²) in [5.41, 5.74) is 9.15. The van der Waals surface area contributed by atoms with E-state index in [0.717, 1.165) is 5.56 Å². The second-order valence-electron chi connectivity index (χ2n) is 6.06. The molecule has 0 bridgehead atoms. The van der Waals surface area contributed by atoms with Crippen LogP contribution in [-0.2, 0) is 10.5 Å². The summed E-state index contributed by atoms with van der Waals surface area (Å²) in [6.07, 6.45) is 3.43. The fourth-order valence-corrected chi connectivity index (χ4v) is 3.68. The van der Waals surface area contributed by atoms with Gasteiger partial charge >= 0.3 is 0 Å². The van der Waals surface area contributed by atoms with Gasteiger partial charge in [0, 0.05) is 36.3 Å². The number of nitrogens with zero attached hydrogens (tertiary/aromatic N) is 4. The first kappa shape index (κ1) is 19.9. The Hall–Kier alpha value is -3.88. The maximum atomic E-state index is 11.2. The summed E-state index contributed by atoms with van der Waals surface area (Å²) in [5, 5.41) is 22.6. The molecule has 2 heterocycles. The number of nitrogens with one attached hydrogen (secondary N) is 1. The molecule has 142 valence electrons. The number of thioether (sulfide) groups is 1. The number of carbonyl (C=O) groups is 1. The van der Waals surface area contributed by atoms with Gasteiger partial charge in [-0.3, -0.25) is 9.78 Å². The van der Waals surface area contributed by atoms with Crippen molar-refractivity contribution in [1.82, 2.24) is 9.97 Å². The molecule has 3 rings (SSSR count). The van der Waals surface area contributed by atoms with Crippen LogP contribution in [0.25, 0.3) is 11.1 Å². The van der Waals surface area contributed by atoms with Crippen LogP contribution in [0.1, 0.15) is 23.6 Å². The molecule has 0 atom stereocenters. The van der Waals surface area contributed by atoms with Crippen molar-refractivity contribution in [3.63, 3.8) is 0 Å². The van der Waals surface area contributed by atoms with Crippen molar-refractivity contribution >= 4 is 29.2 Å². The first-order valence-electron chi connectivity index (χ1n) is 8.57. The van der Waals surface area contributed by atoms with Gasteiger partial charge in [-0.05, 0) is 29.3 Å². The van der Waals surface area contributed by atoms with Crippen LogP contribution in [0.2, 0.25) is 0 Å². The van der Waals surface area contributed by atoms with E-state index in [9.17, 15) is 15.3 Å². The predicted molar refractivity (Wildman–Crippen MR) is 112 cm³/mol. The van der Waals surface area contributed by atoms with Gasteiger partial charge in [-0.2, -0.15) is 10.5 Å². The van der Waals surface area contributed by atoms with Gasteiger partial charge in [-0.25, -0.2) is 4.98 Å². The zero-order valence-corrected chi connectivity index (χ0v) is 16.3. The van der Waals surface area contributed by atoms with Gasteiger partial charge in [-0.15, -0.1) is 11.8 Å². The van der Waals surface area contributed by atoms with Crippen LogP contribution in [0.3, 0.4) is 0 Å². The van der Waals surface area contributed by atoms with E-state index >= 15 is 0 Å². The lowest BCUT2D eigenvalue weighted by Gasteiger charge is -2.13. The SMILES string of the molecule is CC(=O)Nc1ccc(-c2c(C#N)c(N)nc(SCc3cccnc3)c2C#N)cc1. The van der Waals surface area contributed by atoms with Crippen LogP contribution < -0.4 is 11.1 Å². The molecule has 1 aromatic carbocycles. The van der Waals surface area contributed by atoms with E-state index in [0.29, 0.717) is 27.6 Å². The molecule has 0 fully saturated rings. The molecule has 8 heteroatoms. The normalized spacial score (nSPS) is 10.0. The highest BCUT2D eigenvalue weighted by molar-refractivity contribution is 7.98. The second-order valence-corrected chi connectivity index (χ2v) is 7.02. The highest BCUT2D eigenvalue weighted by Crippen LogP contribution is 2.36. The highest BCUT2D eigenvalue weighted by Gasteiger charge is 2.20. The molecule has 0 saturated heterocycles. The van der Waals surface area contributed by atoms with Crippen LogP contribution in [0, 0.1) is 22.7 Å². The van der Waals surface area contributed by atoms with Crippen molar-refractivity contribution in [2.75, 3.05) is 11.1 Å². The van der Waals surface area contributed by atoms with Crippen molar-refractivity contribution in [2.45, 2.75) is 17.7 Å². The third-order valence-electron chi connectivity index (χ3n) is 4.01. The minimum Gasteiger partial charge on any atom is -0.383 e. The molecule has 0 unspecified atom stereocenters. The number of nitrogens with two attached hydrogens (primary N) is 1. The molecule has 0 radical (unpaired) electrons. The van der Waals surface area contributed by atoms with Crippen LogP contribution in [0.15, 0.2) is 53.8 Å². The van der Waals surface area contributed by atoms with E-state index in [1.165, 1.54) is 18.7 Å². The molecular weight excluding hydrogens is 384 g/mol. The third-order valence-corrected chi connectivity index (χ3v) is 5.05. The summed E-state index contributed by atoms with van der Waals surface area (Å²) in [6, 6.07) is 14.9. The van der Waals surface area contributed by atoms with Crippen LogP contribution in [0.4, 0.5) is 11.5 Å². The average Bonchev–Trinajstić information content (AvgIpc) is 2.72. The van der Waals surface area contributed by atoms with Crippen molar-refractivity contribution in [1.29, 1.82) is 10.5 Å². The Morgan fingerprint density at radius 3 is 2.48 bits per heavy atom. The van der Waals surface area contributed by atoms with Gasteiger partial charge in [-0.1, -0.05) is 18.2 Å². The van der Waals surface area contributed by atoms with E-state index < -0.39 is 0 Å². The maximum absolute atomic E-state index is 11.2. The molecule has 3 aromatic rings. The predicted octanol–water partition coefficient (Wildman–Crippen LogP) is 3.72. The Morgan fingerprint density at radius 2 is 1.90 bits per heavy atom. The van der Waals surface area contributed by atoms with Gasteiger partial charge in [0.25, 0.3) is 0 Å².